The number of aliphatic hydroxyl groups excluding tert-OH is 1. The van der Waals surface area contributed by atoms with E-state index in [1.165, 1.54) is 0 Å². The highest BCUT2D eigenvalue weighted by molar-refractivity contribution is 7.54. The number of nitrogens with two attached hydrogens (primary N) is 1. The second-order valence-electron chi connectivity index (χ2n) is 4.88. The fraction of sp³-hybridized carbons (Fsp3) is 0.375. The maximum absolute atomic E-state index is 12.7. The van der Waals surface area contributed by atoms with Crippen molar-refractivity contribution in [3.05, 3.63) is 48.0 Å². The molecule has 0 saturated heterocycles. The molecule has 2 rings (SSSR count). The van der Waals surface area contributed by atoms with Crippen molar-refractivity contribution in [3.63, 3.8) is 0 Å². The Hall–Kier alpha value is -1.23. The fourth-order valence-electron chi connectivity index (χ4n) is 2.45. The van der Waals surface area contributed by atoms with E-state index in [2.05, 4.69) is 0 Å². The van der Waals surface area contributed by atoms with E-state index in [4.69, 9.17) is 14.8 Å². The third kappa shape index (κ3) is 3.40. The van der Waals surface area contributed by atoms with Crippen LogP contribution in [0.3, 0.4) is 0 Å². The van der Waals surface area contributed by atoms with Crippen molar-refractivity contribution < 1.29 is 18.7 Å². The predicted octanol–water partition coefficient (Wildman–Crippen LogP) is 3.42. The SMILES string of the molecule is CCOP(=O)(OCC)[C@@H](O)[C@@H](N)c1cccc2ccccc12. The molecule has 0 fully saturated rings. The monoisotopic (exact) mass is 323 g/mol. The minimum atomic E-state index is -3.68. The Morgan fingerprint density at radius 3 is 2.32 bits per heavy atom. The molecule has 120 valence electrons. The summed E-state index contributed by atoms with van der Waals surface area (Å²) >= 11 is 0. The summed E-state index contributed by atoms with van der Waals surface area (Å²) in [5.41, 5.74) is 6.88. The van der Waals surface area contributed by atoms with Crippen molar-refractivity contribution in [2.75, 3.05) is 13.2 Å². The van der Waals surface area contributed by atoms with Crippen molar-refractivity contribution in [2.45, 2.75) is 25.7 Å². The maximum Gasteiger partial charge on any atom is 0.360 e. The van der Waals surface area contributed by atoms with Crippen molar-refractivity contribution in [2.24, 2.45) is 5.73 Å². The second-order valence-corrected chi connectivity index (χ2v) is 7.01. The van der Waals surface area contributed by atoms with Crippen LogP contribution in [0.5, 0.6) is 0 Å². The quantitative estimate of drug-likeness (QED) is 0.763. The fourth-order valence-corrected chi connectivity index (χ4v) is 4.10. The van der Waals surface area contributed by atoms with Crippen LogP contribution in [0.4, 0.5) is 0 Å². The Bertz CT molecular complexity index is 661. The standard InChI is InChI=1S/C16H22NO4P/c1-3-20-22(19,21-4-2)16(18)15(17)14-11-7-9-12-8-5-6-10-13(12)14/h5-11,15-16,18H,3-4,17H2,1-2H3/t15-,16+/m0/s1. The molecule has 0 heterocycles. The average Bonchev–Trinajstić information content (AvgIpc) is 2.53. The summed E-state index contributed by atoms with van der Waals surface area (Å²) in [5.74, 6) is -1.42. The van der Waals surface area contributed by atoms with Gasteiger partial charge in [0.15, 0.2) is 5.85 Å². The van der Waals surface area contributed by atoms with Crippen LogP contribution < -0.4 is 5.73 Å². The normalized spacial score (nSPS) is 14.9. The lowest BCUT2D eigenvalue weighted by Crippen LogP contribution is -2.28. The first-order chi connectivity index (χ1) is 10.5. The zero-order valence-electron chi connectivity index (χ0n) is 12.8. The van der Waals surface area contributed by atoms with Gasteiger partial charge >= 0.3 is 7.60 Å². The number of benzene rings is 2. The van der Waals surface area contributed by atoms with E-state index in [0.717, 1.165) is 10.8 Å². The number of aliphatic hydroxyl groups is 1. The predicted molar refractivity (Wildman–Crippen MR) is 87.7 cm³/mol. The zero-order chi connectivity index (χ0) is 16.2. The Morgan fingerprint density at radius 2 is 1.68 bits per heavy atom. The molecule has 0 aliphatic heterocycles. The van der Waals surface area contributed by atoms with Crippen LogP contribution >= 0.6 is 7.60 Å². The summed E-state index contributed by atoms with van der Waals surface area (Å²) in [4.78, 5) is 0. The lowest BCUT2D eigenvalue weighted by atomic mass is 10.00. The molecule has 0 amide bonds. The number of hydrogen-bond acceptors (Lipinski definition) is 5. The zero-order valence-corrected chi connectivity index (χ0v) is 13.7. The molecular weight excluding hydrogens is 301 g/mol. The van der Waals surface area contributed by atoms with E-state index in [1.54, 1.807) is 13.8 Å². The summed E-state index contributed by atoms with van der Waals surface area (Å²) in [6.07, 6.45) is 0. The molecular formula is C16H22NO4P. The van der Waals surface area contributed by atoms with Crippen molar-refractivity contribution in [1.82, 2.24) is 0 Å². The highest BCUT2D eigenvalue weighted by Gasteiger charge is 2.39. The molecule has 2 aromatic carbocycles. The van der Waals surface area contributed by atoms with E-state index in [9.17, 15) is 9.67 Å². The first-order valence-electron chi connectivity index (χ1n) is 7.33. The molecule has 0 aliphatic carbocycles. The Morgan fingerprint density at radius 1 is 1.09 bits per heavy atom. The van der Waals surface area contributed by atoms with Crippen LogP contribution in [-0.2, 0) is 13.6 Å². The molecule has 0 aromatic heterocycles. The topological polar surface area (TPSA) is 81.8 Å². The van der Waals surface area contributed by atoms with Crippen molar-refractivity contribution in [3.8, 4) is 0 Å². The van der Waals surface area contributed by atoms with Gasteiger partial charge in [-0.25, -0.2) is 0 Å². The average molecular weight is 323 g/mol. The molecule has 0 radical (unpaired) electrons. The lowest BCUT2D eigenvalue weighted by Gasteiger charge is -2.27. The first-order valence-corrected chi connectivity index (χ1v) is 8.94. The van der Waals surface area contributed by atoms with Gasteiger partial charge in [0.2, 0.25) is 0 Å². The van der Waals surface area contributed by atoms with Gasteiger partial charge < -0.3 is 19.9 Å². The van der Waals surface area contributed by atoms with Gasteiger partial charge in [-0.2, -0.15) is 0 Å². The molecule has 0 unspecified atom stereocenters. The highest BCUT2D eigenvalue weighted by atomic mass is 31.2. The Balaban J connectivity index is 2.40. The van der Waals surface area contributed by atoms with Crippen molar-refractivity contribution >= 4 is 18.4 Å². The summed E-state index contributed by atoms with van der Waals surface area (Å²) in [6, 6.07) is 12.5. The van der Waals surface area contributed by atoms with Gasteiger partial charge in [-0.05, 0) is 30.2 Å². The number of hydrogen-bond donors (Lipinski definition) is 2. The number of rotatable bonds is 7. The lowest BCUT2D eigenvalue weighted by molar-refractivity contribution is 0.134. The molecule has 22 heavy (non-hydrogen) atoms. The molecule has 0 saturated carbocycles. The summed E-state index contributed by atoms with van der Waals surface area (Å²) in [7, 11) is -3.68. The van der Waals surface area contributed by atoms with Gasteiger partial charge in [0.1, 0.15) is 0 Å². The maximum atomic E-state index is 12.7. The third-order valence-electron chi connectivity index (χ3n) is 3.45. The molecule has 5 nitrogen and oxygen atoms in total. The van der Waals surface area contributed by atoms with E-state index in [-0.39, 0.29) is 13.2 Å². The molecule has 3 N–H and O–H groups in total. The minimum Gasteiger partial charge on any atom is -0.379 e. The van der Waals surface area contributed by atoms with Crippen LogP contribution in [0, 0.1) is 0 Å². The van der Waals surface area contributed by atoms with Gasteiger partial charge in [-0.1, -0.05) is 42.5 Å². The van der Waals surface area contributed by atoms with Crippen LogP contribution in [-0.4, -0.2) is 24.2 Å². The Kier molecular flexibility index (Phi) is 5.73. The molecule has 2 atom stereocenters. The molecule has 6 heteroatoms. The van der Waals surface area contributed by atoms with Gasteiger partial charge in [0.05, 0.1) is 19.3 Å². The molecule has 0 spiro atoms. The minimum absolute atomic E-state index is 0.177. The van der Waals surface area contributed by atoms with Crippen LogP contribution in [0.25, 0.3) is 10.8 Å². The van der Waals surface area contributed by atoms with E-state index in [0.29, 0.717) is 5.56 Å². The van der Waals surface area contributed by atoms with E-state index in [1.807, 2.05) is 42.5 Å². The van der Waals surface area contributed by atoms with Gasteiger partial charge in [-0.15, -0.1) is 0 Å². The van der Waals surface area contributed by atoms with Crippen LogP contribution in [0.2, 0.25) is 0 Å². The van der Waals surface area contributed by atoms with Crippen LogP contribution in [0.15, 0.2) is 42.5 Å². The molecule has 2 aromatic rings. The highest BCUT2D eigenvalue weighted by Crippen LogP contribution is 2.55. The van der Waals surface area contributed by atoms with Crippen LogP contribution in [0.1, 0.15) is 25.5 Å². The molecule has 0 aliphatic rings. The van der Waals surface area contributed by atoms with Gasteiger partial charge in [0.25, 0.3) is 0 Å². The third-order valence-corrected chi connectivity index (χ3v) is 5.65. The van der Waals surface area contributed by atoms with Gasteiger partial charge in [0, 0.05) is 0 Å². The van der Waals surface area contributed by atoms with Gasteiger partial charge in [-0.3, -0.25) is 4.57 Å². The number of fused-ring (bicyclic) bond motifs is 1. The largest absolute Gasteiger partial charge is 0.379 e. The first kappa shape index (κ1) is 17.1. The van der Waals surface area contributed by atoms with Crippen molar-refractivity contribution in [1.29, 1.82) is 0 Å². The van der Waals surface area contributed by atoms with E-state index < -0.39 is 19.5 Å². The summed E-state index contributed by atoms with van der Waals surface area (Å²) in [5, 5.41) is 12.4. The summed E-state index contributed by atoms with van der Waals surface area (Å²) in [6.45, 7) is 3.75. The van der Waals surface area contributed by atoms with E-state index >= 15 is 0 Å². The molecule has 0 bridgehead atoms. The Labute approximate surface area is 130 Å². The second kappa shape index (κ2) is 7.36. The summed E-state index contributed by atoms with van der Waals surface area (Å²) < 4.78 is 23.1. The smallest absolute Gasteiger partial charge is 0.360 e.